The standard InChI is InChI=1S/C15H14N2O6/c1-10(15(18)21-2)22-12-4-6-13(7-5-12)23-14-8-3-11(9-16-14)17(19)20/h3-10H,1-2H3. The van der Waals surface area contributed by atoms with Crippen molar-refractivity contribution in [2.75, 3.05) is 7.11 Å². The summed E-state index contributed by atoms with van der Waals surface area (Å²) in [5.74, 6) is 0.712. The number of carbonyl (C=O) groups excluding carboxylic acids is 1. The third kappa shape index (κ3) is 4.40. The minimum atomic E-state index is -0.719. The Morgan fingerprint density at radius 3 is 2.35 bits per heavy atom. The van der Waals surface area contributed by atoms with Gasteiger partial charge in [0, 0.05) is 12.1 Å². The monoisotopic (exact) mass is 318 g/mol. The molecular formula is C15H14N2O6. The van der Waals surface area contributed by atoms with Gasteiger partial charge in [0.15, 0.2) is 6.10 Å². The van der Waals surface area contributed by atoms with Crippen molar-refractivity contribution in [3.8, 4) is 17.4 Å². The van der Waals surface area contributed by atoms with Crippen molar-refractivity contribution >= 4 is 11.7 Å². The van der Waals surface area contributed by atoms with Crippen LogP contribution < -0.4 is 9.47 Å². The van der Waals surface area contributed by atoms with Crippen molar-refractivity contribution in [2.45, 2.75) is 13.0 Å². The van der Waals surface area contributed by atoms with E-state index in [1.54, 1.807) is 31.2 Å². The fraction of sp³-hybridized carbons (Fsp3) is 0.200. The lowest BCUT2D eigenvalue weighted by atomic mass is 10.3. The predicted octanol–water partition coefficient (Wildman–Crippen LogP) is 2.72. The fourth-order valence-electron chi connectivity index (χ4n) is 1.67. The second-order valence-electron chi connectivity index (χ2n) is 4.47. The van der Waals surface area contributed by atoms with Crippen LogP contribution in [0.3, 0.4) is 0 Å². The van der Waals surface area contributed by atoms with E-state index in [1.807, 2.05) is 0 Å². The first-order valence-electron chi connectivity index (χ1n) is 6.62. The molecule has 8 nitrogen and oxygen atoms in total. The summed E-state index contributed by atoms with van der Waals surface area (Å²) in [5, 5.41) is 10.5. The van der Waals surface area contributed by atoms with Crippen molar-refractivity contribution < 1.29 is 23.9 Å². The van der Waals surface area contributed by atoms with Crippen LogP contribution in [0, 0.1) is 10.1 Å². The molecule has 0 aliphatic carbocycles. The van der Waals surface area contributed by atoms with Gasteiger partial charge in [0.05, 0.1) is 12.0 Å². The summed E-state index contributed by atoms with van der Waals surface area (Å²) < 4.78 is 15.4. The largest absolute Gasteiger partial charge is 0.479 e. The Kier molecular flexibility index (Phi) is 5.08. The minimum absolute atomic E-state index is 0.113. The van der Waals surface area contributed by atoms with Crippen molar-refractivity contribution in [3.05, 3.63) is 52.7 Å². The zero-order valence-electron chi connectivity index (χ0n) is 12.5. The Hall–Kier alpha value is -3.16. The molecule has 8 heteroatoms. The SMILES string of the molecule is COC(=O)C(C)Oc1ccc(Oc2ccc([N+](=O)[O-])cn2)cc1. The summed E-state index contributed by atoms with van der Waals surface area (Å²) in [6.07, 6.45) is 0.397. The number of nitrogens with zero attached hydrogens (tertiary/aromatic N) is 2. The number of ether oxygens (including phenoxy) is 3. The molecule has 0 spiro atoms. The number of aromatic nitrogens is 1. The van der Waals surface area contributed by atoms with Crippen LogP contribution in [0.15, 0.2) is 42.6 Å². The summed E-state index contributed by atoms with van der Waals surface area (Å²) in [6, 6.07) is 9.21. The Bertz CT molecular complexity index is 684. The third-order valence-corrected chi connectivity index (χ3v) is 2.82. The van der Waals surface area contributed by atoms with Gasteiger partial charge in [-0.2, -0.15) is 0 Å². The van der Waals surface area contributed by atoms with Crippen LogP contribution in [0.4, 0.5) is 5.69 Å². The number of hydrogen-bond donors (Lipinski definition) is 0. The third-order valence-electron chi connectivity index (χ3n) is 2.82. The van der Waals surface area contributed by atoms with Gasteiger partial charge in [-0.15, -0.1) is 0 Å². The first-order chi connectivity index (χ1) is 11.0. The average molecular weight is 318 g/mol. The second-order valence-corrected chi connectivity index (χ2v) is 4.47. The molecule has 0 bridgehead atoms. The molecule has 0 saturated carbocycles. The molecule has 23 heavy (non-hydrogen) atoms. The lowest BCUT2D eigenvalue weighted by Crippen LogP contribution is -2.24. The molecule has 2 aromatic rings. The molecule has 0 aliphatic heterocycles. The Morgan fingerprint density at radius 1 is 1.17 bits per heavy atom. The quantitative estimate of drug-likeness (QED) is 0.458. The number of esters is 1. The Balaban J connectivity index is 1.99. The van der Waals surface area contributed by atoms with Gasteiger partial charge in [-0.3, -0.25) is 10.1 Å². The number of pyridine rings is 1. The number of rotatable bonds is 6. The zero-order valence-corrected chi connectivity index (χ0v) is 12.5. The van der Waals surface area contributed by atoms with Gasteiger partial charge in [-0.25, -0.2) is 9.78 Å². The highest BCUT2D eigenvalue weighted by Crippen LogP contribution is 2.24. The number of hydrogen-bond acceptors (Lipinski definition) is 7. The first-order valence-corrected chi connectivity index (χ1v) is 6.62. The number of methoxy groups -OCH3 is 1. The van der Waals surface area contributed by atoms with E-state index < -0.39 is 17.0 Å². The van der Waals surface area contributed by atoms with Crippen LogP contribution >= 0.6 is 0 Å². The lowest BCUT2D eigenvalue weighted by Gasteiger charge is -2.12. The van der Waals surface area contributed by atoms with Crippen LogP contribution in [0.5, 0.6) is 17.4 Å². The summed E-state index contributed by atoms with van der Waals surface area (Å²) in [7, 11) is 1.29. The highest BCUT2D eigenvalue weighted by molar-refractivity contribution is 5.74. The van der Waals surface area contributed by atoms with Crippen molar-refractivity contribution in [2.24, 2.45) is 0 Å². The second kappa shape index (κ2) is 7.21. The maximum atomic E-state index is 11.3. The van der Waals surface area contributed by atoms with Gasteiger partial charge in [-0.1, -0.05) is 0 Å². The minimum Gasteiger partial charge on any atom is -0.479 e. The van der Waals surface area contributed by atoms with Crippen LogP contribution in [0.2, 0.25) is 0 Å². The number of carbonyl (C=O) groups is 1. The predicted molar refractivity (Wildman–Crippen MR) is 79.5 cm³/mol. The summed E-state index contributed by atoms with van der Waals surface area (Å²) in [5.41, 5.74) is -0.113. The van der Waals surface area contributed by atoms with Gasteiger partial charge >= 0.3 is 5.97 Å². The van der Waals surface area contributed by atoms with Gasteiger partial charge in [0.1, 0.15) is 17.7 Å². The summed E-state index contributed by atoms with van der Waals surface area (Å²) in [6.45, 7) is 1.58. The van der Waals surface area contributed by atoms with Crippen LogP contribution in [-0.2, 0) is 9.53 Å². The molecule has 0 aliphatic rings. The molecule has 0 radical (unpaired) electrons. The van der Waals surface area contributed by atoms with Gasteiger partial charge in [0.2, 0.25) is 5.88 Å². The topological polar surface area (TPSA) is 101 Å². The first kappa shape index (κ1) is 16.2. The van der Waals surface area contributed by atoms with E-state index in [1.165, 1.54) is 19.2 Å². The molecule has 1 aromatic carbocycles. The molecule has 120 valence electrons. The van der Waals surface area contributed by atoms with E-state index in [4.69, 9.17) is 9.47 Å². The molecule has 0 N–H and O–H groups in total. The molecule has 1 aromatic heterocycles. The van der Waals surface area contributed by atoms with Crippen LogP contribution in [0.25, 0.3) is 0 Å². The molecule has 0 saturated heterocycles. The number of nitro groups is 1. The van der Waals surface area contributed by atoms with E-state index in [2.05, 4.69) is 9.72 Å². The van der Waals surface area contributed by atoms with E-state index in [0.717, 1.165) is 6.20 Å². The molecule has 1 unspecified atom stereocenters. The molecule has 0 amide bonds. The smallest absolute Gasteiger partial charge is 0.346 e. The molecule has 0 fully saturated rings. The van der Waals surface area contributed by atoms with E-state index in [0.29, 0.717) is 11.5 Å². The van der Waals surface area contributed by atoms with Crippen molar-refractivity contribution in [1.29, 1.82) is 0 Å². The maximum Gasteiger partial charge on any atom is 0.346 e. The highest BCUT2D eigenvalue weighted by atomic mass is 16.6. The molecule has 1 heterocycles. The van der Waals surface area contributed by atoms with E-state index in [9.17, 15) is 14.9 Å². The fourth-order valence-corrected chi connectivity index (χ4v) is 1.67. The van der Waals surface area contributed by atoms with Gasteiger partial charge < -0.3 is 14.2 Å². The van der Waals surface area contributed by atoms with Crippen LogP contribution in [0.1, 0.15) is 6.92 Å². The van der Waals surface area contributed by atoms with E-state index in [-0.39, 0.29) is 11.6 Å². The Morgan fingerprint density at radius 2 is 1.83 bits per heavy atom. The van der Waals surface area contributed by atoms with Crippen LogP contribution in [-0.4, -0.2) is 29.1 Å². The lowest BCUT2D eigenvalue weighted by molar-refractivity contribution is -0.385. The summed E-state index contributed by atoms with van der Waals surface area (Å²) >= 11 is 0. The molecular weight excluding hydrogens is 304 g/mol. The molecule has 2 rings (SSSR count). The normalized spacial score (nSPS) is 11.4. The van der Waals surface area contributed by atoms with Gasteiger partial charge in [0.25, 0.3) is 5.69 Å². The van der Waals surface area contributed by atoms with Crippen molar-refractivity contribution in [3.63, 3.8) is 0 Å². The molecule has 1 atom stereocenters. The van der Waals surface area contributed by atoms with Crippen molar-refractivity contribution in [1.82, 2.24) is 4.98 Å². The average Bonchev–Trinajstić information content (AvgIpc) is 2.56. The zero-order chi connectivity index (χ0) is 16.8. The number of benzene rings is 1. The Labute approximate surface area is 131 Å². The van der Waals surface area contributed by atoms with Gasteiger partial charge in [-0.05, 0) is 31.2 Å². The highest BCUT2D eigenvalue weighted by Gasteiger charge is 2.14. The van der Waals surface area contributed by atoms with E-state index >= 15 is 0 Å². The summed E-state index contributed by atoms with van der Waals surface area (Å²) in [4.78, 5) is 25.1. The maximum absolute atomic E-state index is 11.3.